The summed E-state index contributed by atoms with van der Waals surface area (Å²) in [5.74, 6) is 2.85. The fraction of sp³-hybridized carbons (Fsp3) is 0.692. The van der Waals surface area contributed by atoms with E-state index in [1.165, 1.54) is 19.2 Å². The van der Waals surface area contributed by atoms with Crippen LogP contribution in [0.3, 0.4) is 0 Å². The van der Waals surface area contributed by atoms with Gasteiger partial charge in [-0.1, -0.05) is 25.4 Å². The van der Waals surface area contributed by atoms with Gasteiger partial charge in [0.2, 0.25) is 0 Å². The molecule has 2 heterocycles. The topological polar surface area (TPSA) is 29.0 Å². The Kier molecular flexibility index (Phi) is 4.68. The minimum Gasteiger partial charge on any atom is -0.356 e. The molecule has 0 bridgehead atoms. The quantitative estimate of drug-likeness (QED) is 0.626. The van der Waals surface area contributed by atoms with E-state index in [0.717, 1.165) is 36.3 Å². The molecule has 0 radical (unpaired) electrons. The lowest BCUT2D eigenvalue weighted by Gasteiger charge is -2.35. The fourth-order valence-electron chi connectivity index (χ4n) is 2.55. The Morgan fingerprint density at radius 1 is 1.33 bits per heavy atom. The van der Waals surface area contributed by atoms with Crippen LogP contribution in [0.4, 0.5) is 5.82 Å². The molecular weight excluding hydrogens is 269 g/mol. The first-order valence-corrected chi connectivity index (χ1v) is 7.35. The lowest BCUT2D eigenvalue weighted by Crippen LogP contribution is -2.36. The van der Waals surface area contributed by atoms with Crippen LogP contribution in [0.2, 0.25) is 5.15 Å². The van der Waals surface area contributed by atoms with Crippen LogP contribution in [-0.4, -0.2) is 23.1 Å². The summed E-state index contributed by atoms with van der Waals surface area (Å²) >= 11 is 12.0. The van der Waals surface area contributed by atoms with E-state index in [4.69, 9.17) is 23.2 Å². The Labute approximate surface area is 119 Å². The van der Waals surface area contributed by atoms with Crippen LogP contribution in [0.1, 0.15) is 32.3 Å². The second-order valence-electron chi connectivity index (χ2n) is 5.17. The number of rotatable bonds is 3. The van der Waals surface area contributed by atoms with Crippen molar-refractivity contribution >= 4 is 29.0 Å². The van der Waals surface area contributed by atoms with Gasteiger partial charge in [0.15, 0.2) is 0 Å². The number of hydrogen-bond acceptors (Lipinski definition) is 3. The van der Waals surface area contributed by atoms with Crippen LogP contribution < -0.4 is 4.90 Å². The normalized spacial score (nSPS) is 17.5. The van der Waals surface area contributed by atoms with Crippen LogP contribution in [0.15, 0.2) is 6.33 Å². The van der Waals surface area contributed by atoms with Gasteiger partial charge in [-0.05, 0) is 24.7 Å². The molecule has 0 aliphatic carbocycles. The molecule has 1 saturated heterocycles. The zero-order valence-electron chi connectivity index (χ0n) is 10.9. The zero-order chi connectivity index (χ0) is 13.1. The minimum absolute atomic E-state index is 0.360. The number of halogens is 2. The van der Waals surface area contributed by atoms with E-state index in [9.17, 15) is 0 Å². The maximum atomic E-state index is 6.07. The highest BCUT2D eigenvalue weighted by Gasteiger charge is 2.24. The fourth-order valence-corrected chi connectivity index (χ4v) is 3.06. The number of piperidine rings is 1. The van der Waals surface area contributed by atoms with Gasteiger partial charge in [0.1, 0.15) is 17.3 Å². The highest BCUT2D eigenvalue weighted by molar-refractivity contribution is 6.31. The number of alkyl halides is 1. The molecule has 3 nitrogen and oxygen atoms in total. The van der Waals surface area contributed by atoms with Gasteiger partial charge in [-0.2, -0.15) is 0 Å². The molecule has 1 aliphatic rings. The van der Waals surface area contributed by atoms with Crippen molar-refractivity contribution in [3.63, 3.8) is 0 Å². The Hall–Kier alpha value is -0.540. The molecular formula is C13H19Cl2N3. The Balaban J connectivity index is 2.12. The molecule has 0 atom stereocenters. The SMILES string of the molecule is CC(C)C1CCN(c2ncnc(Cl)c2CCl)CC1. The van der Waals surface area contributed by atoms with Crippen molar-refractivity contribution in [2.24, 2.45) is 11.8 Å². The van der Waals surface area contributed by atoms with E-state index in [1.807, 2.05) is 0 Å². The van der Waals surface area contributed by atoms with Crippen LogP contribution in [-0.2, 0) is 5.88 Å². The highest BCUT2D eigenvalue weighted by atomic mass is 35.5. The van der Waals surface area contributed by atoms with Gasteiger partial charge >= 0.3 is 0 Å². The van der Waals surface area contributed by atoms with E-state index < -0.39 is 0 Å². The summed E-state index contributed by atoms with van der Waals surface area (Å²) in [6.07, 6.45) is 3.93. The largest absolute Gasteiger partial charge is 0.356 e. The third-order valence-corrected chi connectivity index (χ3v) is 4.38. The van der Waals surface area contributed by atoms with Gasteiger partial charge in [0.25, 0.3) is 0 Å². The second-order valence-corrected chi connectivity index (χ2v) is 5.79. The predicted molar refractivity (Wildman–Crippen MR) is 76.4 cm³/mol. The van der Waals surface area contributed by atoms with Crippen molar-refractivity contribution in [2.75, 3.05) is 18.0 Å². The van der Waals surface area contributed by atoms with Gasteiger partial charge in [-0.15, -0.1) is 11.6 Å². The maximum Gasteiger partial charge on any atom is 0.138 e. The first kappa shape index (κ1) is 13.9. The van der Waals surface area contributed by atoms with Gasteiger partial charge in [0.05, 0.1) is 5.88 Å². The monoisotopic (exact) mass is 287 g/mol. The highest BCUT2D eigenvalue weighted by Crippen LogP contribution is 2.30. The van der Waals surface area contributed by atoms with E-state index in [-0.39, 0.29) is 0 Å². The van der Waals surface area contributed by atoms with Crippen LogP contribution in [0.5, 0.6) is 0 Å². The molecule has 1 aliphatic heterocycles. The minimum atomic E-state index is 0.360. The van der Waals surface area contributed by atoms with E-state index >= 15 is 0 Å². The van der Waals surface area contributed by atoms with Gasteiger partial charge in [-0.25, -0.2) is 9.97 Å². The molecule has 5 heteroatoms. The van der Waals surface area contributed by atoms with Crippen molar-refractivity contribution in [3.05, 3.63) is 17.0 Å². The van der Waals surface area contributed by atoms with E-state index in [1.54, 1.807) is 0 Å². The molecule has 0 unspecified atom stereocenters. The van der Waals surface area contributed by atoms with Crippen LogP contribution >= 0.6 is 23.2 Å². The van der Waals surface area contributed by atoms with Crippen molar-refractivity contribution in [3.8, 4) is 0 Å². The van der Waals surface area contributed by atoms with Crippen molar-refractivity contribution < 1.29 is 0 Å². The lowest BCUT2D eigenvalue weighted by molar-refractivity contribution is 0.310. The first-order chi connectivity index (χ1) is 8.63. The molecule has 1 aromatic heterocycles. The molecule has 0 spiro atoms. The smallest absolute Gasteiger partial charge is 0.138 e. The maximum absolute atomic E-state index is 6.07. The Morgan fingerprint density at radius 3 is 2.56 bits per heavy atom. The van der Waals surface area contributed by atoms with Crippen LogP contribution in [0, 0.1) is 11.8 Å². The van der Waals surface area contributed by atoms with Crippen molar-refractivity contribution in [2.45, 2.75) is 32.6 Å². The number of aromatic nitrogens is 2. The standard InChI is InChI=1S/C13H19Cl2N3/c1-9(2)10-3-5-18(6-4-10)13-11(7-14)12(15)16-8-17-13/h8-10H,3-7H2,1-2H3. The number of anilines is 1. The molecule has 2 rings (SSSR count). The molecule has 0 amide bonds. The van der Waals surface area contributed by atoms with E-state index in [2.05, 4.69) is 28.7 Å². The first-order valence-electron chi connectivity index (χ1n) is 6.43. The molecule has 100 valence electrons. The molecule has 0 aromatic carbocycles. The molecule has 18 heavy (non-hydrogen) atoms. The summed E-state index contributed by atoms with van der Waals surface area (Å²) in [4.78, 5) is 10.6. The molecule has 1 fully saturated rings. The lowest BCUT2D eigenvalue weighted by atomic mass is 9.87. The summed E-state index contributed by atoms with van der Waals surface area (Å²) in [6, 6.07) is 0. The number of nitrogens with zero attached hydrogens (tertiary/aromatic N) is 3. The summed E-state index contributed by atoms with van der Waals surface area (Å²) in [6.45, 7) is 6.65. The Bertz CT molecular complexity index is 401. The molecule has 1 aromatic rings. The average molecular weight is 288 g/mol. The summed E-state index contributed by atoms with van der Waals surface area (Å²) < 4.78 is 0. The average Bonchev–Trinajstić information content (AvgIpc) is 2.38. The molecule has 0 N–H and O–H groups in total. The number of hydrogen-bond donors (Lipinski definition) is 0. The second kappa shape index (κ2) is 6.07. The summed E-state index contributed by atoms with van der Waals surface area (Å²) in [5.41, 5.74) is 0.851. The predicted octanol–water partition coefficient (Wildman–Crippen LogP) is 3.74. The van der Waals surface area contributed by atoms with Crippen molar-refractivity contribution in [1.29, 1.82) is 0 Å². The van der Waals surface area contributed by atoms with Crippen molar-refractivity contribution in [1.82, 2.24) is 9.97 Å². The third-order valence-electron chi connectivity index (χ3n) is 3.79. The summed E-state index contributed by atoms with van der Waals surface area (Å²) in [7, 11) is 0. The molecule has 0 saturated carbocycles. The van der Waals surface area contributed by atoms with Gasteiger partial charge in [-0.3, -0.25) is 0 Å². The van der Waals surface area contributed by atoms with Gasteiger partial charge < -0.3 is 4.90 Å². The van der Waals surface area contributed by atoms with E-state index in [0.29, 0.717) is 11.0 Å². The van der Waals surface area contributed by atoms with Crippen LogP contribution in [0.25, 0.3) is 0 Å². The third kappa shape index (κ3) is 2.89. The summed E-state index contributed by atoms with van der Waals surface area (Å²) in [5, 5.41) is 0.473. The Morgan fingerprint density at radius 2 is 2.00 bits per heavy atom. The van der Waals surface area contributed by atoms with Gasteiger partial charge in [0, 0.05) is 18.7 Å². The zero-order valence-corrected chi connectivity index (χ0v) is 12.4.